The molecule has 0 bridgehead atoms. The van der Waals surface area contributed by atoms with E-state index in [1.807, 2.05) is 0 Å². The molecule has 0 unspecified atom stereocenters. The Morgan fingerprint density at radius 2 is 1.81 bits per heavy atom. The molecule has 0 spiro atoms. The smallest absolute Gasteiger partial charge is 0.422 e. The van der Waals surface area contributed by atoms with E-state index in [2.05, 4.69) is 25.9 Å². The summed E-state index contributed by atoms with van der Waals surface area (Å²) in [6.07, 6.45) is -3.64. The Morgan fingerprint density at radius 1 is 1.16 bits per heavy atom. The van der Waals surface area contributed by atoms with Crippen molar-refractivity contribution in [1.82, 2.24) is 20.9 Å². The van der Waals surface area contributed by atoms with E-state index in [1.54, 1.807) is 53.8 Å². The van der Waals surface area contributed by atoms with Crippen LogP contribution in [0.4, 0.5) is 18.0 Å². The zero-order chi connectivity index (χ0) is 23.0. The Labute approximate surface area is 197 Å². The molecule has 8 nitrogen and oxygen atoms in total. The number of hydrogen-bond donors (Lipinski definition) is 3. The summed E-state index contributed by atoms with van der Waals surface area (Å²) in [5.41, 5.74) is -0.827. The fourth-order valence-corrected chi connectivity index (χ4v) is 2.17. The maximum Gasteiger partial charge on any atom is 0.422 e. The molecular formula is C19H31F3IN5O3. The first-order chi connectivity index (χ1) is 13.7. The van der Waals surface area contributed by atoms with Gasteiger partial charge < -0.3 is 25.4 Å². The van der Waals surface area contributed by atoms with Crippen molar-refractivity contribution in [3.63, 3.8) is 0 Å². The quantitative estimate of drug-likeness (QED) is 0.268. The van der Waals surface area contributed by atoms with Crippen molar-refractivity contribution in [2.45, 2.75) is 58.5 Å². The number of carbonyl (C=O) groups is 1. The van der Waals surface area contributed by atoms with Crippen LogP contribution in [0.15, 0.2) is 23.3 Å². The fraction of sp³-hybridized carbons (Fsp3) is 0.632. The summed E-state index contributed by atoms with van der Waals surface area (Å²) in [4.78, 5) is 19.9. The number of alkyl carbamates (subject to hydrolysis) is 1. The first kappa shape index (κ1) is 29.0. The fourth-order valence-electron chi connectivity index (χ4n) is 2.17. The van der Waals surface area contributed by atoms with Crippen LogP contribution >= 0.6 is 24.0 Å². The van der Waals surface area contributed by atoms with Crippen LogP contribution in [0.5, 0.6) is 5.88 Å². The molecule has 0 saturated carbocycles. The van der Waals surface area contributed by atoms with Crippen LogP contribution in [0.1, 0.15) is 40.2 Å². The molecule has 0 aromatic carbocycles. The van der Waals surface area contributed by atoms with Gasteiger partial charge in [0.1, 0.15) is 5.60 Å². The van der Waals surface area contributed by atoms with E-state index in [9.17, 15) is 18.0 Å². The van der Waals surface area contributed by atoms with E-state index in [0.717, 1.165) is 0 Å². The van der Waals surface area contributed by atoms with E-state index in [1.165, 1.54) is 6.20 Å². The normalized spacial score (nSPS) is 12.5. The Balaban J connectivity index is 0.00000900. The molecule has 178 valence electrons. The summed E-state index contributed by atoms with van der Waals surface area (Å²) in [5, 5.41) is 8.80. The first-order valence-corrected chi connectivity index (χ1v) is 9.30. The molecule has 1 aromatic heterocycles. The number of guanidine groups is 1. The number of alkyl halides is 3. The molecule has 0 fully saturated rings. The van der Waals surface area contributed by atoms with E-state index >= 15 is 0 Å². The molecule has 0 radical (unpaired) electrons. The lowest BCUT2D eigenvalue weighted by Crippen LogP contribution is -2.54. The lowest BCUT2D eigenvalue weighted by molar-refractivity contribution is -0.154. The number of ether oxygens (including phenoxy) is 2. The molecule has 1 amide bonds. The predicted octanol–water partition coefficient (Wildman–Crippen LogP) is 3.61. The zero-order valence-corrected chi connectivity index (χ0v) is 20.8. The largest absolute Gasteiger partial charge is 0.468 e. The number of rotatable bonds is 7. The average Bonchev–Trinajstić information content (AvgIpc) is 2.58. The standard InChI is InChI=1S/C19H30F3N5O3.HI/c1-17(2,3)30-16(28)27-18(4,5)11-26-15(23-6)25-10-13-8-7-9-24-14(13)29-12-19(20,21)22;/h7-9H,10-12H2,1-6H3,(H,27,28)(H2,23,25,26);1H. The van der Waals surface area contributed by atoms with Crippen LogP contribution in [0.3, 0.4) is 0 Å². The number of aromatic nitrogens is 1. The molecule has 1 heterocycles. The average molecular weight is 561 g/mol. The Bertz CT molecular complexity index is 737. The molecule has 1 rings (SSSR count). The summed E-state index contributed by atoms with van der Waals surface area (Å²) in [6, 6.07) is 3.20. The van der Waals surface area contributed by atoms with E-state index in [4.69, 9.17) is 9.47 Å². The molecule has 1 aromatic rings. The minimum atomic E-state index is -4.45. The molecule has 0 atom stereocenters. The third-order valence-corrected chi connectivity index (χ3v) is 3.43. The molecule has 12 heteroatoms. The van der Waals surface area contributed by atoms with Gasteiger partial charge in [-0.25, -0.2) is 9.78 Å². The van der Waals surface area contributed by atoms with Crippen LogP contribution in [0, 0.1) is 0 Å². The van der Waals surface area contributed by atoms with E-state index in [0.29, 0.717) is 18.1 Å². The predicted molar refractivity (Wildman–Crippen MR) is 123 cm³/mol. The number of aliphatic imine (C=N–C) groups is 1. The monoisotopic (exact) mass is 561 g/mol. The van der Waals surface area contributed by atoms with Crippen molar-refractivity contribution in [2.75, 3.05) is 20.2 Å². The molecule has 3 N–H and O–H groups in total. The number of carbonyl (C=O) groups excluding carboxylic acids is 1. The topological polar surface area (TPSA) is 96.9 Å². The molecule has 0 saturated heterocycles. The summed E-state index contributed by atoms with van der Waals surface area (Å²) >= 11 is 0. The second-order valence-corrected chi connectivity index (χ2v) is 8.16. The minimum Gasteiger partial charge on any atom is -0.468 e. The molecule has 0 aliphatic heterocycles. The molecule has 0 aliphatic rings. The van der Waals surface area contributed by atoms with Gasteiger partial charge >= 0.3 is 12.3 Å². The van der Waals surface area contributed by atoms with Crippen molar-refractivity contribution >= 4 is 36.0 Å². The number of halogens is 4. The summed E-state index contributed by atoms with van der Waals surface area (Å²) < 4.78 is 47.2. The molecular weight excluding hydrogens is 530 g/mol. The Kier molecular flexibility index (Phi) is 11.4. The SMILES string of the molecule is CN=C(NCc1cccnc1OCC(F)(F)F)NCC(C)(C)NC(=O)OC(C)(C)C.I. The highest BCUT2D eigenvalue weighted by atomic mass is 127. The number of nitrogens with one attached hydrogen (secondary N) is 3. The first-order valence-electron chi connectivity index (χ1n) is 9.30. The van der Waals surface area contributed by atoms with Crippen molar-refractivity contribution in [1.29, 1.82) is 0 Å². The number of amides is 1. The van der Waals surface area contributed by atoms with Gasteiger partial charge in [0.15, 0.2) is 12.6 Å². The molecule has 31 heavy (non-hydrogen) atoms. The van der Waals surface area contributed by atoms with Gasteiger partial charge in [-0.05, 0) is 40.7 Å². The second kappa shape index (κ2) is 12.2. The number of pyridine rings is 1. The maximum atomic E-state index is 12.4. The maximum absolute atomic E-state index is 12.4. The van der Waals surface area contributed by atoms with Crippen LogP contribution in [-0.4, -0.2) is 54.6 Å². The highest BCUT2D eigenvalue weighted by Crippen LogP contribution is 2.19. The van der Waals surface area contributed by atoms with Crippen molar-refractivity contribution in [2.24, 2.45) is 4.99 Å². The highest BCUT2D eigenvalue weighted by molar-refractivity contribution is 14.0. The van der Waals surface area contributed by atoms with Gasteiger partial charge in [0, 0.05) is 31.9 Å². The van der Waals surface area contributed by atoms with Crippen LogP contribution in [0.2, 0.25) is 0 Å². The van der Waals surface area contributed by atoms with Gasteiger partial charge in [-0.15, -0.1) is 24.0 Å². The van der Waals surface area contributed by atoms with Crippen molar-refractivity contribution in [3.8, 4) is 5.88 Å². The third-order valence-electron chi connectivity index (χ3n) is 3.43. The summed E-state index contributed by atoms with van der Waals surface area (Å²) in [5.74, 6) is 0.282. The van der Waals surface area contributed by atoms with Gasteiger partial charge in [0.2, 0.25) is 5.88 Å². The number of hydrogen-bond acceptors (Lipinski definition) is 5. The van der Waals surface area contributed by atoms with Crippen LogP contribution in [0.25, 0.3) is 0 Å². The van der Waals surface area contributed by atoms with Crippen molar-refractivity contribution < 1.29 is 27.4 Å². The second-order valence-electron chi connectivity index (χ2n) is 8.16. The zero-order valence-electron chi connectivity index (χ0n) is 18.5. The van der Waals surface area contributed by atoms with Gasteiger partial charge in [-0.2, -0.15) is 13.2 Å². The van der Waals surface area contributed by atoms with E-state index in [-0.39, 0.29) is 36.4 Å². The van der Waals surface area contributed by atoms with Crippen LogP contribution < -0.4 is 20.7 Å². The summed E-state index contributed by atoms with van der Waals surface area (Å²) in [7, 11) is 1.55. The van der Waals surface area contributed by atoms with Crippen molar-refractivity contribution in [3.05, 3.63) is 23.9 Å². The van der Waals surface area contributed by atoms with Gasteiger partial charge in [-0.1, -0.05) is 6.07 Å². The minimum absolute atomic E-state index is 0. The lowest BCUT2D eigenvalue weighted by Gasteiger charge is -2.29. The van der Waals surface area contributed by atoms with Crippen LogP contribution in [-0.2, 0) is 11.3 Å². The Hall–Kier alpha value is -1.99. The Morgan fingerprint density at radius 3 is 2.35 bits per heavy atom. The summed E-state index contributed by atoms with van der Waals surface area (Å²) in [6.45, 7) is 7.96. The van der Waals surface area contributed by atoms with E-state index < -0.39 is 30.0 Å². The van der Waals surface area contributed by atoms with Gasteiger partial charge in [0.05, 0.1) is 5.54 Å². The number of nitrogens with zero attached hydrogens (tertiary/aromatic N) is 2. The van der Waals surface area contributed by atoms with Gasteiger partial charge in [0.25, 0.3) is 0 Å². The third kappa shape index (κ3) is 13.1. The highest BCUT2D eigenvalue weighted by Gasteiger charge is 2.29. The molecule has 0 aliphatic carbocycles. The van der Waals surface area contributed by atoms with Gasteiger partial charge in [-0.3, -0.25) is 4.99 Å². The lowest BCUT2D eigenvalue weighted by atomic mass is 10.1.